The summed E-state index contributed by atoms with van der Waals surface area (Å²) in [6, 6.07) is 19.9. The van der Waals surface area contributed by atoms with Gasteiger partial charge in [-0.3, -0.25) is 9.59 Å². The average Bonchev–Trinajstić information content (AvgIpc) is 2.87. The highest BCUT2D eigenvalue weighted by Gasteiger charge is 2.31. The fraction of sp³-hybridized carbons (Fsp3) is 0.333. The SMILES string of the molecule is Cc1ccc(C)c(OCC(=O)N(Cc2c(Cl)cccc2Cl)[C@H](Cc2ccccc2)C(=O)NCC(C)C)c1. The van der Waals surface area contributed by atoms with Crippen LogP contribution in [0.25, 0.3) is 0 Å². The number of halogens is 2. The molecule has 0 heterocycles. The maximum absolute atomic E-state index is 13.7. The Balaban J connectivity index is 1.97. The fourth-order valence-corrected chi connectivity index (χ4v) is 4.43. The zero-order valence-corrected chi connectivity index (χ0v) is 23.3. The van der Waals surface area contributed by atoms with E-state index in [1.165, 1.54) is 4.90 Å². The fourth-order valence-electron chi connectivity index (χ4n) is 3.92. The number of carbonyl (C=O) groups is 2. The Bertz CT molecular complexity index is 1190. The average molecular weight is 542 g/mol. The number of benzene rings is 3. The molecular formula is C30H34Cl2N2O3. The molecule has 0 radical (unpaired) electrons. The lowest BCUT2D eigenvalue weighted by Crippen LogP contribution is -2.52. The van der Waals surface area contributed by atoms with Crippen LogP contribution in [0.5, 0.6) is 5.75 Å². The van der Waals surface area contributed by atoms with Gasteiger partial charge in [0.1, 0.15) is 11.8 Å². The highest BCUT2D eigenvalue weighted by molar-refractivity contribution is 6.36. The van der Waals surface area contributed by atoms with E-state index in [1.54, 1.807) is 18.2 Å². The Labute approximate surface area is 229 Å². The number of nitrogens with one attached hydrogen (secondary N) is 1. The minimum absolute atomic E-state index is 0.0695. The van der Waals surface area contributed by atoms with Gasteiger partial charge >= 0.3 is 0 Å². The van der Waals surface area contributed by atoms with Crippen molar-refractivity contribution in [1.29, 1.82) is 0 Å². The van der Waals surface area contributed by atoms with Crippen molar-refractivity contribution in [3.05, 3.63) is 99.0 Å². The molecule has 37 heavy (non-hydrogen) atoms. The molecule has 0 saturated heterocycles. The molecular weight excluding hydrogens is 507 g/mol. The Kier molecular flexibility index (Phi) is 10.4. The summed E-state index contributed by atoms with van der Waals surface area (Å²) in [6.07, 6.45) is 0.335. The van der Waals surface area contributed by atoms with Crippen molar-refractivity contribution in [2.75, 3.05) is 13.2 Å². The molecule has 196 valence electrons. The number of hydrogen-bond acceptors (Lipinski definition) is 3. The van der Waals surface area contributed by atoms with Crippen LogP contribution < -0.4 is 10.1 Å². The molecule has 7 heteroatoms. The van der Waals surface area contributed by atoms with Gasteiger partial charge in [-0.15, -0.1) is 0 Å². The summed E-state index contributed by atoms with van der Waals surface area (Å²) in [5.74, 6) is 0.322. The van der Waals surface area contributed by atoms with E-state index < -0.39 is 6.04 Å². The second-order valence-corrected chi connectivity index (χ2v) is 10.4. The van der Waals surface area contributed by atoms with Crippen molar-refractivity contribution < 1.29 is 14.3 Å². The number of nitrogens with zero attached hydrogens (tertiary/aromatic N) is 1. The highest BCUT2D eigenvalue weighted by Crippen LogP contribution is 2.27. The molecule has 0 unspecified atom stereocenters. The molecule has 0 aliphatic carbocycles. The quantitative estimate of drug-likeness (QED) is 0.306. The number of aryl methyl sites for hydroxylation is 2. The first-order valence-electron chi connectivity index (χ1n) is 12.4. The van der Waals surface area contributed by atoms with E-state index in [0.717, 1.165) is 16.7 Å². The first-order chi connectivity index (χ1) is 17.7. The van der Waals surface area contributed by atoms with Crippen molar-refractivity contribution in [1.82, 2.24) is 10.2 Å². The van der Waals surface area contributed by atoms with Crippen molar-refractivity contribution in [3.8, 4) is 5.75 Å². The van der Waals surface area contributed by atoms with E-state index in [9.17, 15) is 9.59 Å². The van der Waals surface area contributed by atoms with Crippen molar-refractivity contribution in [3.63, 3.8) is 0 Å². The molecule has 0 bridgehead atoms. The van der Waals surface area contributed by atoms with Gasteiger partial charge in [-0.1, -0.05) is 85.6 Å². The van der Waals surface area contributed by atoms with Gasteiger partial charge in [0.25, 0.3) is 5.91 Å². The van der Waals surface area contributed by atoms with Crippen LogP contribution in [-0.4, -0.2) is 35.9 Å². The molecule has 0 fully saturated rings. The van der Waals surface area contributed by atoms with Crippen molar-refractivity contribution in [2.24, 2.45) is 5.92 Å². The standard InChI is InChI=1S/C30H34Cl2N2O3/c1-20(2)17-33-30(36)27(16-23-9-6-5-7-10-23)34(18-24-25(31)11-8-12-26(24)32)29(35)19-37-28-15-21(3)13-14-22(28)4/h5-15,20,27H,16-19H2,1-4H3,(H,33,36)/t27-/m1/s1. The third kappa shape index (κ3) is 8.24. The summed E-state index contributed by atoms with van der Waals surface area (Å²) < 4.78 is 5.95. The second kappa shape index (κ2) is 13.5. The minimum Gasteiger partial charge on any atom is -0.483 e. The van der Waals surface area contributed by atoms with E-state index in [1.807, 2.05) is 76.2 Å². The molecule has 0 aliphatic heterocycles. The Morgan fingerprint density at radius 2 is 1.62 bits per heavy atom. The highest BCUT2D eigenvalue weighted by atomic mass is 35.5. The van der Waals surface area contributed by atoms with Crippen LogP contribution in [0.2, 0.25) is 10.0 Å². The molecule has 1 N–H and O–H groups in total. The van der Waals surface area contributed by atoms with Crippen LogP contribution in [0, 0.1) is 19.8 Å². The first kappa shape index (κ1) is 28.5. The molecule has 0 aliphatic rings. The number of ether oxygens (including phenoxy) is 1. The molecule has 3 aromatic rings. The Morgan fingerprint density at radius 3 is 2.27 bits per heavy atom. The summed E-state index contributed by atoms with van der Waals surface area (Å²) in [5, 5.41) is 3.87. The van der Waals surface area contributed by atoms with Gasteiger partial charge in [-0.25, -0.2) is 0 Å². The second-order valence-electron chi connectivity index (χ2n) is 9.62. The van der Waals surface area contributed by atoms with Gasteiger partial charge in [0.05, 0.1) is 0 Å². The van der Waals surface area contributed by atoms with Crippen LogP contribution in [0.15, 0.2) is 66.7 Å². The normalized spacial score (nSPS) is 11.8. The van der Waals surface area contributed by atoms with Crippen LogP contribution in [0.3, 0.4) is 0 Å². The number of amides is 2. The van der Waals surface area contributed by atoms with E-state index >= 15 is 0 Å². The van der Waals surface area contributed by atoms with E-state index in [-0.39, 0.29) is 30.9 Å². The van der Waals surface area contributed by atoms with Gasteiger partial charge in [-0.05, 0) is 54.7 Å². The summed E-state index contributed by atoms with van der Waals surface area (Å²) in [7, 11) is 0. The van der Waals surface area contributed by atoms with Crippen molar-refractivity contribution >= 4 is 35.0 Å². The summed E-state index contributed by atoms with van der Waals surface area (Å²) >= 11 is 13.0. The minimum atomic E-state index is -0.789. The predicted molar refractivity (Wildman–Crippen MR) is 150 cm³/mol. The van der Waals surface area contributed by atoms with Gasteiger partial charge in [-0.2, -0.15) is 0 Å². The molecule has 3 rings (SSSR count). The predicted octanol–water partition coefficient (Wildman–Crippen LogP) is 6.40. The number of hydrogen-bond donors (Lipinski definition) is 1. The summed E-state index contributed by atoms with van der Waals surface area (Å²) in [4.78, 5) is 28.8. The van der Waals surface area contributed by atoms with Gasteiger partial charge in [0, 0.05) is 35.1 Å². The van der Waals surface area contributed by atoms with Gasteiger partial charge in [0.15, 0.2) is 6.61 Å². The first-order valence-corrected chi connectivity index (χ1v) is 13.1. The van der Waals surface area contributed by atoms with Crippen LogP contribution in [0.1, 0.15) is 36.1 Å². The topological polar surface area (TPSA) is 58.6 Å². The summed E-state index contributed by atoms with van der Waals surface area (Å²) in [6.45, 7) is 8.29. The third-order valence-corrected chi connectivity index (χ3v) is 6.75. The largest absolute Gasteiger partial charge is 0.483 e. The third-order valence-electron chi connectivity index (χ3n) is 6.04. The van der Waals surface area contributed by atoms with Crippen LogP contribution in [-0.2, 0) is 22.6 Å². The molecule has 3 aromatic carbocycles. The van der Waals surface area contributed by atoms with E-state index in [4.69, 9.17) is 27.9 Å². The monoisotopic (exact) mass is 540 g/mol. The lowest BCUT2D eigenvalue weighted by molar-refractivity contribution is -0.142. The molecule has 2 amide bonds. The lowest BCUT2D eigenvalue weighted by atomic mass is 10.0. The molecule has 0 aromatic heterocycles. The maximum Gasteiger partial charge on any atom is 0.261 e. The van der Waals surface area contributed by atoms with Gasteiger partial charge in [0.2, 0.25) is 5.91 Å². The number of carbonyl (C=O) groups excluding carboxylic acids is 2. The summed E-state index contributed by atoms with van der Waals surface area (Å²) in [5.41, 5.74) is 3.48. The Hall–Kier alpha value is -3.02. The zero-order chi connectivity index (χ0) is 26.9. The lowest BCUT2D eigenvalue weighted by Gasteiger charge is -2.32. The van der Waals surface area contributed by atoms with Gasteiger partial charge < -0.3 is 15.0 Å². The maximum atomic E-state index is 13.7. The van der Waals surface area contributed by atoms with E-state index in [0.29, 0.717) is 34.3 Å². The molecule has 5 nitrogen and oxygen atoms in total. The molecule has 0 spiro atoms. The number of rotatable bonds is 11. The smallest absolute Gasteiger partial charge is 0.261 e. The molecule has 1 atom stereocenters. The van der Waals surface area contributed by atoms with Crippen molar-refractivity contribution in [2.45, 2.75) is 46.7 Å². The van der Waals surface area contributed by atoms with Crippen LogP contribution >= 0.6 is 23.2 Å². The van der Waals surface area contributed by atoms with E-state index in [2.05, 4.69) is 5.32 Å². The Morgan fingerprint density at radius 1 is 0.946 bits per heavy atom. The zero-order valence-electron chi connectivity index (χ0n) is 21.8. The van der Waals surface area contributed by atoms with Crippen LogP contribution in [0.4, 0.5) is 0 Å². The molecule has 0 saturated carbocycles.